The van der Waals surface area contributed by atoms with E-state index in [2.05, 4.69) is 16.7 Å². The first-order chi connectivity index (χ1) is 9.28. The van der Waals surface area contributed by atoms with Gasteiger partial charge in [-0.2, -0.15) is 5.26 Å². The lowest BCUT2D eigenvalue weighted by atomic mass is 10.1. The highest BCUT2D eigenvalue weighted by atomic mass is 16.2. The van der Waals surface area contributed by atoms with E-state index >= 15 is 0 Å². The number of nitriles is 1. The second-order valence-corrected chi connectivity index (χ2v) is 3.98. The largest absolute Gasteiger partial charge is 0.334 e. The van der Waals surface area contributed by atoms with Gasteiger partial charge in [0.15, 0.2) is 0 Å². The van der Waals surface area contributed by atoms with E-state index in [1.807, 2.05) is 42.5 Å². The van der Waals surface area contributed by atoms with E-state index in [1.54, 1.807) is 12.1 Å². The number of para-hydroxylation sites is 1. The molecule has 0 aliphatic rings. The molecule has 0 heterocycles. The molecule has 0 unspecified atom stereocenters. The van der Waals surface area contributed by atoms with Crippen molar-refractivity contribution in [3.63, 3.8) is 0 Å². The highest BCUT2D eigenvalue weighted by Crippen LogP contribution is 2.05. The summed E-state index contributed by atoms with van der Waals surface area (Å²) < 4.78 is 0. The summed E-state index contributed by atoms with van der Waals surface area (Å²) in [5.41, 5.74) is 2.31. The number of hydrogen-bond donors (Lipinski definition) is 2. The van der Waals surface area contributed by atoms with Gasteiger partial charge in [0.1, 0.15) is 0 Å². The SMILES string of the molecule is N#Cc1ccc(CNC(=O)Nc2ccccc2)cc1. The number of benzene rings is 2. The molecular formula is C15H13N3O. The maximum atomic E-state index is 11.6. The van der Waals surface area contributed by atoms with Gasteiger partial charge in [-0.1, -0.05) is 30.3 Å². The van der Waals surface area contributed by atoms with E-state index in [0.29, 0.717) is 12.1 Å². The minimum absolute atomic E-state index is 0.254. The normalized spacial score (nSPS) is 9.42. The third-order valence-corrected chi connectivity index (χ3v) is 2.57. The quantitative estimate of drug-likeness (QED) is 0.880. The predicted octanol–water partition coefficient (Wildman–Crippen LogP) is 2.88. The Hall–Kier alpha value is -2.80. The topological polar surface area (TPSA) is 64.9 Å². The van der Waals surface area contributed by atoms with E-state index in [4.69, 9.17) is 5.26 Å². The van der Waals surface area contributed by atoms with Crippen LogP contribution in [0.4, 0.5) is 10.5 Å². The Morgan fingerprint density at radius 3 is 2.37 bits per heavy atom. The summed E-state index contributed by atoms with van der Waals surface area (Å²) in [6.07, 6.45) is 0. The van der Waals surface area contributed by atoms with Gasteiger partial charge in [-0.15, -0.1) is 0 Å². The Balaban J connectivity index is 1.85. The zero-order valence-electron chi connectivity index (χ0n) is 10.3. The molecule has 0 saturated heterocycles. The summed E-state index contributed by atoms with van der Waals surface area (Å²) >= 11 is 0. The average Bonchev–Trinajstić information content (AvgIpc) is 2.47. The zero-order valence-corrected chi connectivity index (χ0v) is 10.3. The molecule has 2 aromatic rings. The summed E-state index contributed by atoms with van der Waals surface area (Å²) in [7, 11) is 0. The molecule has 4 nitrogen and oxygen atoms in total. The van der Waals surface area contributed by atoms with E-state index in [-0.39, 0.29) is 6.03 Å². The molecule has 0 aliphatic heterocycles. The van der Waals surface area contributed by atoms with E-state index in [1.165, 1.54) is 0 Å². The first kappa shape index (κ1) is 12.7. The standard InChI is InChI=1S/C15H13N3O/c16-10-12-6-8-13(9-7-12)11-17-15(19)18-14-4-2-1-3-5-14/h1-9H,11H2,(H2,17,18,19). The first-order valence-electron chi connectivity index (χ1n) is 5.87. The van der Waals surface area contributed by atoms with Gasteiger partial charge < -0.3 is 10.6 Å². The molecule has 2 rings (SSSR count). The maximum Gasteiger partial charge on any atom is 0.319 e. The molecule has 2 N–H and O–H groups in total. The van der Waals surface area contributed by atoms with E-state index in [9.17, 15) is 4.79 Å². The van der Waals surface area contributed by atoms with Gasteiger partial charge in [-0.3, -0.25) is 0 Å². The van der Waals surface area contributed by atoms with Gasteiger partial charge >= 0.3 is 6.03 Å². The third-order valence-electron chi connectivity index (χ3n) is 2.57. The number of hydrogen-bond acceptors (Lipinski definition) is 2. The molecule has 2 aromatic carbocycles. The predicted molar refractivity (Wildman–Crippen MR) is 73.5 cm³/mol. The van der Waals surface area contributed by atoms with Gasteiger partial charge in [0.2, 0.25) is 0 Å². The van der Waals surface area contributed by atoms with Crippen LogP contribution in [0.1, 0.15) is 11.1 Å². The second-order valence-electron chi connectivity index (χ2n) is 3.98. The van der Waals surface area contributed by atoms with Crippen LogP contribution in [0.15, 0.2) is 54.6 Å². The van der Waals surface area contributed by atoms with Crippen molar-refractivity contribution in [2.45, 2.75) is 6.54 Å². The number of nitrogens with zero attached hydrogens (tertiary/aromatic N) is 1. The Kier molecular flexibility index (Phi) is 4.14. The van der Waals surface area contributed by atoms with Crippen molar-refractivity contribution in [3.8, 4) is 6.07 Å². The fourth-order valence-corrected chi connectivity index (χ4v) is 1.58. The first-order valence-corrected chi connectivity index (χ1v) is 5.87. The Bertz CT molecular complexity index is 585. The lowest BCUT2D eigenvalue weighted by molar-refractivity contribution is 0.251. The number of carbonyl (C=O) groups is 1. The van der Waals surface area contributed by atoms with E-state index < -0.39 is 0 Å². The summed E-state index contributed by atoms with van der Waals surface area (Å²) in [4.78, 5) is 11.6. The van der Waals surface area contributed by atoms with Crippen LogP contribution in [-0.2, 0) is 6.54 Å². The zero-order chi connectivity index (χ0) is 13.5. The monoisotopic (exact) mass is 251 g/mol. The number of carbonyl (C=O) groups excluding carboxylic acids is 1. The Morgan fingerprint density at radius 2 is 1.74 bits per heavy atom. The Labute approximate surface area is 111 Å². The average molecular weight is 251 g/mol. The molecule has 0 aliphatic carbocycles. The van der Waals surface area contributed by atoms with Crippen molar-refractivity contribution in [2.75, 3.05) is 5.32 Å². The lowest BCUT2D eigenvalue weighted by Crippen LogP contribution is -2.28. The molecular weight excluding hydrogens is 238 g/mol. The number of nitrogens with one attached hydrogen (secondary N) is 2. The third kappa shape index (κ3) is 3.86. The molecule has 0 radical (unpaired) electrons. The summed E-state index contributed by atoms with van der Waals surface area (Å²) in [6.45, 7) is 0.421. The highest BCUT2D eigenvalue weighted by Gasteiger charge is 2.01. The summed E-state index contributed by atoms with van der Waals surface area (Å²) in [5.74, 6) is 0. The molecule has 19 heavy (non-hydrogen) atoms. The number of rotatable bonds is 3. The van der Waals surface area contributed by atoms with Crippen molar-refractivity contribution in [1.82, 2.24) is 5.32 Å². The summed E-state index contributed by atoms with van der Waals surface area (Å²) in [5, 5.41) is 14.2. The minimum atomic E-state index is -0.254. The molecule has 94 valence electrons. The van der Waals surface area contributed by atoms with Crippen LogP contribution >= 0.6 is 0 Å². The van der Waals surface area contributed by atoms with E-state index in [0.717, 1.165) is 11.3 Å². The van der Waals surface area contributed by atoms with Crippen LogP contribution in [0.2, 0.25) is 0 Å². The van der Waals surface area contributed by atoms with Crippen LogP contribution in [0.3, 0.4) is 0 Å². The fraction of sp³-hybridized carbons (Fsp3) is 0.0667. The van der Waals surface area contributed by atoms with Crippen molar-refractivity contribution >= 4 is 11.7 Å². The van der Waals surface area contributed by atoms with Crippen LogP contribution in [0.25, 0.3) is 0 Å². The van der Waals surface area contributed by atoms with Gasteiger partial charge in [0.25, 0.3) is 0 Å². The van der Waals surface area contributed by atoms with Crippen molar-refractivity contribution in [1.29, 1.82) is 5.26 Å². The molecule has 0 spiro atoms. The maximum absolute atomic E-state index is 11.6. The molecule has 0 fully saturated rings. The van der Waals surface area contributed by atoms with Gasteiger partial charge in [0.05, 0.1) is 11.6 Å². The molecule has 0 aromatic heterocycles. The second kappa shape index (κ2) is 6.22. The smallest absolute Gasteiger partial charge is 0.319 e. The number of urea groups is 1. The van der Waals surface area contributed by atoms with Crippen LogP contribution < -0.4 is 10.6 Å². The molecule has 2 amide bonds. The highest BCUT2D eigenvalue weighted by molar-refractivity contribution is 5.89. The van der Waals surface area contributed by atoms with Gasteiger partial charge in [-0.25, -0.2) is 4.79 Å². The summed E-state index contributed by atoms with van der Waals surface area (Å²) in [6, 6.07) is 18.1. The molecule has 0 atom stereocenters. The van der Waals surface area contributed by atoms with Crippen LogP contribution in [-0.4, -0.2) is 6.03 Å². The van der Waals surface area contributed by atoms with Crippen molar-refractivity contribution in [2.24, 2.45) is 0 Å². The Morgan fingerprint density at radius 1 is 1.05 bits per heavy atom. The van der Waals surface area contributed by atoms with Crippen LogP contribution in [0, 0.1) is 11.3 Å². The number of amides is 2. The minimum Gasteiger partial charge on any atom is -0.334 e. The van der Waals surface area contributed by atoms with Crippen LogP contribution in [0.5, 0.6) is 0 Å². The molecule has 4 heteroatoms. The van der Waals surface area contributed by atoms with Crippen molar-refractivity contribution in [3.05, 3.63) is 65.7 Å². The van der Waals surface area contributed by atoms with Crippen molar-refractivity contribution < 1.29 is 4.79 Å². The number of anilines is 1. The fourth-order valence-electron chi connectivity index (χ4n) is 1.58. The molecule has 0 saturated carbocycles. The van der Waals surface area contributed by atoms with Gasteiger partial charge in [0, 0.05) is 12.2 Å². The lowest BCUT2D eigenvalue weighted by Gasteiger charge is -2.07. The van der Waals surface area contributed by atoms with Gasteiger partial charge in [-0.05, 0) is 29.8 Å². The molecule has 0 bridgehead atoms.